The molecule has 0 aliphatic rings. The Labute approximate surface area is 173 Å². The topological polar surface area (TPSA) is 60.2 Å². The molecule has 0 rings (SSSR count). The second-order valence-corrected chi connectivity index (χ2v) is 8.01. The zero-order valence-electron chi connectivity index (χ0n) is 18.2. The van der Waals surface area contributed by atoms with Gasteiger partial charge < -0.3 is 0 Å². The Balaban J connectivity index is 3.08. The first-order valence-electron chi connectivity index (χ1n) is 11.9. The molecule has 0 amide bonds. The Morgan fingerprint density at radius 2 is 0.929 bits per heavy atom. The molecular weight excluding hydrogens is 350 g/mol. The SMILES string of the molecule is O=[C]CCCCCCCCCCCCC/C=C\CCCCCCCC[N+](=O)[O-]. The van der Waals surface area contributed by atoms with Crippen LogP contribution in [0, 0.1) is 10.1 Å². The fourth-order valence-corrected chi connectivity index (χ4v) is 3.50. The molecule has 0 unspecified atom stereocenters. The molecule has 0 aromatic rings. The van der Waals surface area contributed by atoms with E-state index >= 15 is 0 Å². The van der Waals surface area contributed by atoms with E-state index in [1.165, 1.54) is 96.3 Å². The summed E-state index contributed by atoms with van der Waals surface area (Å²) in [5, 5.41) is 10.2. The highest BCUT2D eigenvalue weighted by Crippen LogP contribution is 2.13. The lowest BCUT2D eigenvalue weighted by atomic mass is 10.0. The molecule has 0 aromatic carbocycles. The summed E-state index contributed by atoms with van der Waals surface area (Å²) in [5.74, 6) is 0. The predicted octanol–water partition coefficient (Wildman–Crippen LogP) is 7.73. The van der Waals surface area contributed by atoms with Gasteiger partial charge in [0.2, 0.25) is 6.54 Å². The van der Waals surface area contributed by atoms with Gasteiger partial charge in [-0.05, 0) is 38.5 Å². The number of unbranched alkanes of at least 4 members (excludes halogenated alkanes) is 18. The van der Waals surface area contributed by atoms with Crippen molar-refractivity contribution < 1.29 is 9.72 Å². The van der Waals surface area contributed by atoms with Gasteiger partial charge in [0.1, 0.15) is 0 Å². The maximum atomic E-state index is 10.2. The number of rotatable bonds is 23. The highest BCUT2D eigenvalue weighted by Gasteiger charge is 1.96. The van der Waals surface area contributed by atoms with Gasteiger partial charge in [0.05, 0.1) is 0 Å². The lowest BCUT2D eigenvalue weighted by molar-refractivity contribution is -0.480. The van der Waals surface area contributed by atoms with Gasteiger partial charge in [-0.2, -0.15) is 0 Å². The van der Waals surface area contributed by atoms with Crippen LogP contribution in [0.3, 0.4) is 0 Å². The molecule has 0 fully saturated rings. The average molecular weight is 395 g/mol. The van der Waals surface area contributed by atoms with Crippen molar-refractivity contribution in [2.75, 3.05) is 6.54 Å². The third kappa shape index (κ3) is 24.8. The second kappa shape index (κ2) is 23.8. The summed E-state index contributed by atoms with van der Waals surface area (Å²) in [6.07, 6.45) is 30.6. The summed E-state index contributed by atoms with van der Waals surface area (Å²) in [4.78, 5) is 20.1. The van der Waals surface area contributed by atoms with Crippen LogP contribution in [0.5, 0.6) is 0 Å². The standard InChI is InChI=1S/C24H44NO3/c26-24-22-20-18-16-14-12-10-8-6-4-2-1-3-5-7-9-11-13-15-17-19-21-23-25(27)28/h5,7H,1-4,6,8-23H2/b7-5-. The van der Waals surface area contributed by atoms with Crippen molar-refractivity contribution in [2.24, 2.45) is 0 Å². The van der Waals surface area contributed by atoms with Crippen molar-refractivity contribution >= 4 is 6.29 Å². The molecule has 0 bridgehead atoms. The zero-order valence-corrected chi connectivity index (χ0v) is 18.2. The molecule has 0 saturated carbocycles. The van der Waals surface area contributed by atoms with Crippen LogP contribution >= 0.6 is 0 Å². The molecule has 4 heteroatoms. The molecule has 0 aliphatic carbocycles. The van der Waals surface area contributed by atoms with Crippen molar-refractivity contribution in [2.45, 2.75) is 128 Å². The molecular formula is C24H44NO3. The van der Waals surface area contributed by atoms with Crippen LogP contribution < -0.4 is 0 Å². The first-order valence-corrected chi connectivity index (χ1v) is 11.9. The lowest BCUT2D eigenvalue weighted by Gasteiger charge is -2.02. The van der Waals surface area contributed by atoms with E-state index in [4.69, 9.17) is 0 Å². The van der Waals surface area contributed by atoms with Gasteiger partial charge in [0.25, 0.3) is 0 Å². The molecule has 0 N–H and O–H groups in total. The van der Waals surface area contributed by atoms with Crippen LogP contribution in [0.1, 0.15) is 128 Å². The van der Waals surface area contributed by atoms with Crippen molar-refractivity contribution in [3.8, 4) is 0 Å². The van der Waals surface area contributed by atoms with E-state index < -0.39 is 0 Å². The van der Waals surface area contributed by atoms with Crippen LogP contribution in [0.2, 0.25) is 0 Å². The van der Waals surface area contributed by atoms with Gasteiger partial charge in [-0.1, -0.05) is 89.2 Å². The van der Waals surface area contributed by atoms with Crippen molar-refractivity contribution in [3.63, 3.8) is 0 Å². The van der Waals surface area contributed by atoms with Crippen LogP contribution in [0.25, 0.3) is 0 Å². The van der Waals surface area contributed by atoms with E-state index in [0.717, 1.165) is 25.7 Å². The minimum Gasteiger partial charge on any atom is -0.291 e. The van der Waals surface area contributed by atoms with E-state index in [0.29, 0.717) is 6.42 Å². The maximum absolute atomic E-state index is 10.2. The van der Waals surface area contributed by atoms with E-state index in [-0.39, 0.29) is 11.5 Å². The van der Waals surface area contributed by atoms with Gasteiger partial charge in [0, 0.05) is 17.8 Å². The quantitative estimate of drug-likeness (QED) is 0.0770. The number of hydrogen-bond donors (Lipinski definition) is 0. The normalized spacial score (nSPS) is 11.3. The Morgan fingerprint density at radius 1 is 0.571 bits per heavy atom. The number of hydrogen-bond acceptors (Lipinski definition) is 3. The Bertz CT molecular complexity index is 369. The van der Waals surface area contributed by atoms with Crippen molar-refractivity contribution in [1.29, 1.82) is 0 Å². The summed E-state index contributed by atoms with van der Waals surface area (Å²) in [6, 6.07) is 0. The third-order valence-electron chi connectivity index (χ3n) is 5.28. The number of allylic oxidation sites excluding steroid dienone is 2. The first kappa shape index (κ1) is 26.8. The molecule has 0 heterocycles. The monoisotopic (exact) mass is 394 g/mol. The minimum absolute atomic E-state index is 0.131. The fourth-order valence-electron chi connectivity index (χ4n) is 3.50. The molecule has 0 spiro atoms. The largest absolute Gasteiger partial charge is 0.291 e. The van der Waals surface area contributed by atoms with Gasteiger partial charge in [0.15, 0.2) is 6.29 Å². The van der Waals surface area contributed by atoms with Crippen molar-refractivity contribution in [3.05, 3.63) is 22.3 Å². The summed E-state index contributed by atoms with van der Waals surface area (Å²) in [5.41, 5.74) is 0. The van der Waals surface area contributed by atoms with Crippen LogP contribution in [-0.4, -0.2) is 17.8 Å². The van der Waals surface area contributed by atoms with Gasteiger partial charge in [-0.3, -0.25) is 14.9 Å². The zero-order chi connectivity index (χ0) is 20.5. The molecule has 0 aliphatic heterocycles. The highest BCUT2D eigenvalue weighted by molar-refractivity contribution is 5.50. The van der Waals surface area contributed by atoms with E-state index in [2.05, 4.69) is 12.2 Å². The molecule has 0 atom stereocenters. The molecule has 4 nitrogen and oxygen atoms in total. The third-order valence-corrected chi connectivity index (χ3v) is 5.28. The van der Waals surface area contributed by atoms with E-state index in [1.54, 1.807) is 0 Å². The second-order valence-electron chi connectivity index (χ2n) is 8.01. The predicted molar refractivity (Wildman–Crippen MR) is 119 cm³/mol. The minimum atomic E-state index is -0.215. The van der Waals surface area contributed by atoms with Gasteiger partial charge in [-0.25, -0.2) is 0 Å². The Morgan fingerprint density at radius 3 is 1.32 bits per heavy atom. The lowest BCUT2D eigenvalue weighted by Crippen LogP contribution is -1.99. The molecule has 28 heavy (non-hydrogen) atoms. The smallest absolute Gasteiger partial charge is 0.203 e. The molecule has 0 saturated heterocycles. The Kier molecular flexibility index (Phi) is 22.8. The van der Waals surface area contributed by atoms with Gasteiger partial charge >= 0.3 is 0 Å². The van der Waals surface area contributed by atoms with E-state index in [1.807, 2.05) is 6.29 Å². The fraction of sp³-hybridized carbons (Fsp3) is 0.875. The van der Waals surface area contributed by atoms with Crippen LogP contribution in [-0.2, 0) is 4.79 Å². The Hall–Kier alpha value is -1.19. The number of nitrogens with zero attached hydrogens (tertiary/aromatic N) is 1. The summed E-state index contributed by atoms with van der Waals surface area (Å²) >= 11 is 0. The summed E-state index contributed by atoms with van der Waals surface area (Å²) < 4.78 is 0. The molecule has 1 radical (unpaired) electrons. The summed E-state index contributed by atoms with van der Waals surface area (Å²) in [7, 11) is 0. The highest BCUT2D eigenvalue weighted by atomic mass is 16.6. The molecule has 163 valence electrons. The number of carbonyl (C=O) groups excluding carboxylic acids is 1. The maximum Gasteiger partial charge on any atom is 0.203 e. The van der Waals surface area contributed by atoms with Crippen LogP contribution in [0.15, 0.2) is 12.2 Å². The van der Waals surface area contributed by atoms with E-state index in [9.17, 15) is 14.9 Å². The average Bonchev–Trinajstić information content (AvgIpc) is 2.68. The number of nitro groups is 1. The summed E-state index contributed by atoms with van der Waals surface area (Å²) in [6.45, 7) is 0.131. The van der Waals surface area contributed by atoms with Crippen LogP contribution in [0.4, 0.5) is 0 Å². The molecule has 0 aromatic heterocycles. The van der Waals surface area contributed by atoms with Crippen molar-refractivity contribution in [1.82, 2.24) is 0 Å². The first-order chi connectivity index (χ1) is 13.8. The van der Waals surface area contributed by atoms with Gasteiger partial charge in [-0.15, -0.1) is 0 Å².